The van der Waals surface area contributed by atoms with Gasteiger partial charge in [0.25, 0.3) is 0 Å². The Kier molecular flexibility index (Phi) is 9.05. The third-order valence-corrected chi connectivity index (χ3v) is 4.99. The Morgan fingerprint density at radius 3 is 2.63 bits per heavy atom. The second-order valence-electron chi connectivity index (χ2n) is 7.17. The molecule has 2 N–H and O–H groups in total. The third-order valence-electron chi connectivity index (χ3n) is 4.99. The Morgan fingerprint density at radius 2 is 1.89 bits per heavy atom. The second-order valence-corrected chi connectivity index (χ2v) is 7.17. The number of rotatable bonds is 13. The molecule has 0 aliphatic heterocycles. The molecule has 148 valence electrons. The van der Waals surface area contributed by atoms with E-state index in [0.29, 0.717) is 19.3 Å². The molecule has 0 spiro atoms. The monoisotopic (exact) mass is 374 g/mol. The Morgan fingerprint density at radius 1 is 1.15 bits per heavy atom. The number of aliphatic hydroxyl groups is 1. The number of ketones is 1. The van der Waals surface area contributed by atoms with Gasteiger partial charge in [0.1, 0.15) is 18.1 Å². The molecule has 0 saturated heterocycles. The van der Waals surface area contributed by atoms with Crippen LogP contribution in [0.1, 0.15) is 57.8 Å². The van der Waals surface area contributed by atoms with Gasteiger partial charge in [-0.2, -0.15) is 0 Å². The summed E-state index contributed by atoms with van der Waals surface area (Å²) in [6, 6.07) is 9.42. The van der Waals surface area contributed by atoms with Crippen molar-refractivity contribution in [3.63, 3.8) is 0 Å². The lowest BCUT2D eigenvalue weighted by atomic mass is 9.90. The minimum absolute atomic E-state index is 0.0216. The lowest BCUT2D eigenvalue weighted by molar-refractivity contribution is -0.137. The van der Waals surface area contributed by atoms with E-state index in [1.807, 2.05) is 36.4 Å². The van der Waals surface area contributed by atoms with Crippen molar-refractivity contribution >= 4 is 11.8 Å². The van der Waals surface area contributed by atoms with Crippen molar-refractivity contribution in [3.05, 3.63) is 42.0 Å². The van der Waals surface area contributed by atoms with Gasteiger partial charge in [0.15, 0.2) is 0 Å². The molecule has 0 heterocycles. The summed E-state index contributed by atoms with van der Waals surface area (Å²) in [4.78, 5) is 22.6. The molecule has 27 heavy (non-hydrogen) atoms. The van der Waals surface area contributed by atoms with E-state index in [1.54, 1.807) is 0 Å². The second kappa shape index (κ2) is 11.5. The van der Waals surface area contributed by atoms with Crippen LogP contribution in [-0.4, -0.2) is 34.7 Å². The molecule has 2 atom stereocenters. The van der Waals surface area contributed by atoms with Gasteiger partial charge in [-0.25, -0.2) is 0 Å². The number of ether oxygens (including phenoxy) is 1. The molecular formula is C22H30O5. The van der Waals surface area contributed by atoms with Crippen LogP contribution in [0.4, 0.5) is 0 Å². The molecule has 5 heteroatoms. The number of carboxylic acid groups (broad SMARTS) is 1. The van der Waals surface area contributed by atoms with E-state index in [-0.39, 0.29) is 24.7 Å². The lowest BCUT2D eigenvalue weighted by Crippen LogP contribution is -2.19. The Labute approximate surface area is 161 Å². The molecule has 1 aromatic rings. The van der Waals surface area contributed by atoms with Crippen LogP contribution in [0.25, 0.3) is 0 Å². The van der Waals surface area contributed by atoms with Crippen LogP contribution in [0, 0.1) is 5.92 Å². The molecule has 1 aromatic carbocycles. The van der Waals surface area contributed by atoms with Crippen molar-refractivity contribution in [1.29, 1.82) is 0 Å². The van der Waals surface area contributed by atoms with Crippen LogP contribution < -0.4 is 4.74 Å². The first-order chi connectivity index (χ1) is 13.1. The molecule has 0 fully saturated rings. The summed E-state index contributed by atoms with van der Waals surface area (Å²) < 4.78 is 5.57. The van der Waals surface area contributed by atoms with Crippen LogP contribution >= 0.6 is 0 Å². The number of aliphatic carboxylic acids is 1. The van der Waals surface area contributed by atoms with E-state index >= 15 is 0 Å². The number of unbranched alkanes of at least 4 members (excludes halogenated alkanes) is 3. The first-order valence-electron chi connectivity index (χ1n) is 9.85. The maximum atomic E-state index is 12.1. The number of allylic oxidation sites excluding steroid dienone is 2. The summed E-state index contributed by atoms with van der Waals surface area (Å²) in [6.45, 7) is 0.249. The van der Waals surface area contributed by atoms with Crippen LogP contribution in [0.2, 0.25) is 0 Å². The van der Waals surface area contributed by atoms with Gasteiger partial charge in [-0.3, -0.25) is 9.59 Å². The zero-order valence-corrected chi connectivity index (χ0v) is 15.8. The average Bonchev–Trinajstić information content (AvgIpc) is 3.01. The van der Waals surface area contributed by atoms with Crippen LogP contribution in [0.15, 0.2) is 42.0 Å². The summed E-state index contributed by atoms with van der Waals surface area (Å²) >= 11 is 0. The molecule has 1 aliphatic rings. The largest absolute Gasteiger partial charge is 0.491 e. The summed E-state index contributed by atoms with van der Waals surface area (Å²) in [5, 5.41) is 18.8. The number of Topliss-reactive ketones (excluding diaryl/α,β-unsaturated/α-hetero) is 1. The van der Waals surface area contributed by atoms with Crippen LogP contribution in [0.5, 0.6) is 5.75 Å². The number of hydrogen-bond acceptors (Lipinski definition) is 4. The molecule has 1 aliphatic carbocycles. The predicted octanol–water partition coefficient (Wildman–Crippen LogP) is 4.15. The smallest absolute Gasteiger partial charge is 0.303 e. The fourth-order valence-corrected chi connectivity index (χ4v) is 3.45. The topological polar surface area (TPSA) is 83.8 Å². The third kappa shape index (κ3) is 7.95. The molecule has 0 amide bonds. The van der Waals surface area contributed by atoms with Gasteiger partial charge >= 0.3 is 5.97 Å². The highest BCUT2D eigenvalue weighted by Crippen LogP contribution is 2.31. The van der Waals surface area contributed by atoms with E-state index < -0.39 is 12.1 Å². The highest BCUT2D eigenvalue weighted by Gasteiger charge is 2.27. The SMILES string of the molecule is O=C(O)CCCCCC[C@H]1C(=O)CC=C1CC[C@@H](O)COc1ccccc1. The Balaban J connectivity index is 1.65. The van der Waals surface area contributed by atoms with Gasteiger partial charge in [0.05, 0.1) is 6.10 Å². The van der Waals surface area contributed by atoms with Crippen LogP contribution in [-0.2, 0) is 9.59 Å². The maximum Gasteiger partial charge on any atom is 0.303 e. The van der Waals surface area contributed by atoms with Crippen molar-refractivity contribution in [2.45, 2.75) is 63.9 Å². The van der Waals surface area contributed by atoms with Crippen molar-refractivity contribution in [3.8, 4) is 5.75 Å². The first-order valence-corrected chi connectivity index (χ1v) is 9.85. The van der Waals surface area contributed by atoms with Gasteiger partial charge in [0.2, 0.25) is 0 Å². The number of aliphatic hydroxyl groups excluding tert-OH is 1. The number of carbonyl (C=O) groups is 2. The maximum absolute atomic E-state index is 12.1. The highest BCUT2D eigenvalue weighted by molar-refractivity contribution is 5.88. The molecule has 0 aromatic heterocycles. The Hall–Kier alpha value is -2.14. The lowest BCUT2D eigenvalue weighted by Gasteiger charge is -2.16. The van der Waals surface area contributed by atoms with Gasteiger partial charge in [-0.15, -0.1) is 0 Å². The van der Waals surface area contributed by atoms with Gasteiger partial charge in [-0.05, 0) is 37.8 Å². The van der Waals surface area contributed by atoms with Crippen molar-refractivity contribution in [2.75, 3.05) is 6.61 Å². The van der Waals surface area contributed by atoms with E-state index in [9.17, 15) is 14.7 Å². The summed E-state index contributed by atoms with van der Waals surface area (Å²) in [7, 11) is 0. The normalized spacial score (nSPS) is 17.6. The zero-order valence-electron chi connectivity index (χ0n) is 15.8. The van der Waals surface area contributed by atoms with E-state index in [4.69, 9.17) is 9.84 Å². The van der Waals surface area contributed by atoms with E-state index in [2.05, 4.69) is 0 Å². The summed E-state index contributed by atoms with van der Waals surface area (Å²) in [5.41, 5.74) is 1.14. The van der Waals surface area contributed by atoms with Gasteiger partial charge in [0, 0.05) is 18.8 Å². The summed E-state index contributed by atoms with van der Waals surface area (Å²) in [5.74, 6) is 0.242. The van der Waals surface area contributed by atoms with Crippen LogP contribution in [0.3, 0.4) is 0 Å². The quantitative estimate of drug-likeness (QED) is 0.400. The molecule has 0 radical (unpaired) electrons. The standard InChI is InChI=1S/C22H30O5/c23-18(16-27-19-8-4-3-5-9-19)14-12-17-13-15-21(24)20(17)10-6-1-2-7-11-22(25)26/h3-5,8-9,13,18,20,23H,1-2,6-7,10-12,14-16H2,(H,25,26)/t18-,20-/m1/s1. The highest BCUT2D eigenvalue weighted by atomic mass is 16.5. The van der Waals surface area contributed by atoms with Crippen molar-refractivity contribution in [2.24, 2.45) is 5.92 Å². The fourth-order valence-electron chi connectivity index (χ4n) is 3.45. The van der Waals surface area contributed by atoms with E-state index in [0.717, 1.165) is 43.4 Å². The number of carbonyl (C=O) groups excluding carboxylic acids is 1. The minimum Gasteiger partial charge on any atom is -0.491 e. The first kappa shape index (κ1) is 21.2. The number of benzene rings is 1. The fraction of sp³-hybridized carbons (Fsp3) is 0.545. The molecular weight excluding hydrogens is 344 g/mol. The van der Waals surface area contributed by atoms with Gasteiger partial charge in [-0.1, -0.05) is 49.1 Å². The van der Waals surface area contributed by atoms with Crippen molar-refractivity contribution < 1.29 is 24.5 Å². The number of para-hydroxylation sites is 1. The van der Waals surface area contributed by atoms with E-state index in [1.165, 1.54) is 0 Å². The zero-order chi connectivity index (χ0) is 19.5. The molecule has 0 bridgehead atoms. The Bertz CT molecular complexity index is 623. The minimum atomic E-state index is -0.749. The summed E-state index contributed by atoms with van der Waals surface area (Å²) in [6.07, 6.45) is 7.79. The molecule has 5 nitrogen and oxygen atoms in total. The van der Waals surface area contributed by atoms with Crippen molar-refractivity contribution in [1.82, 2.24) is 0 Å². The predicted molar refractivity (Wildman–Crippen MR) is 104 cm³/mol. The average molecular weight is 374 g/mol. The molecule has 2 rings (SSSR count). The molecule has 0 unspecified atom stereocenters. The number of hydrogen-bond donors (Lipinski definition) is 2. The molecule has 0 saturated carbocycles. The number of carboxylic acids is 1. The van der Waals surface area contributed by atoms with Gasteiger partial charge < -0.3 is 14.9 Å².